The molecule has 2 N–H and O–H groups in total. The van der Waals surface area contributed by atoms with Gasteiger partial charge in [0.1, 0.15) is 0 Å². The van der Waals surface area contributed by atoms with Crippen molar-refractivity contribution in [1.29, 1.82) is 0 Å². The monoisotopic (exact) mass is 336 g/mol. The largest absolute Gasteiger partial charge is 0.381 e. The Kier molecular flexibility index (Phi) is 3.30. The number of benzene rings is 1. The molecule has 25 heavy (non-hydrogen) atoms. The van der Waals surface area contributed by atoms with E-state index in [1.807, 2.05) is 18.2 Å². The van der Waals surface area contributed by atoms with Crippen LogP contribution in [-0.4, -0.2) is 54.4 Å². The number of rotatable bonds is 3. The van der Waals surface area contributed by atoms with Crippen LogP contribution in [0.25, 0.3) is 27.8 Å². The molecule has 9 heteroatoms. The molecule has 4 aromatic rings. The number of nitrogens with zero attached hydrogens (tertiary/aromatic N) is 6. The van der Waals surface area contributed by atoms with Gasteiger partial charge in [0.05, 0.1) is 23.6 Å². The van der Waals surface area contributed by atoms with Crippen LogP contribution in [-0.2, 0) is 4.74 Å². The summed E-state index contributed by atoms with van der Waals surface area (Å²) in [5.74, 6) is 0.588. The highest BCUT2D eigenvalue weighted by Gasteiger charge is 2.16. The van der Waals surface area contributed by atoms with Crippen LogP contribution in [0.5, 0.6) is 0 Å². The molecule has 0 unspecified atom stereocenters. The molecule has 0 radical (unpaired) electrons. The quantitative estimate of drug-likeness (QED) is 0.586. The van der Waals surface area contributed by atoms with Gasteiger partial charge >= 0.3 is 0 Å². The zero-order chi connectivity index (χ0) is 16.6. The fourth-order valence-electron chi connectivity index (χ4n) is 3.05. The van der Waals surface area contributed by atoms with E-state index in [-0.39, 0.29) is 0 Å². The highest BCUT2D eigenvalue weighted by atomic mass is 16.5. The number of nitrogens with one attached hydrogen (secondary N) is 2. The van der Waals surface area contributed by atoms with Crippen LogP contribution in [0.15, 0.2) is 30.6 Å². The Bertz CT molecular complexity index is 1030. The van der Waals surface area contributed by atoms with Crippen LogP contribution >= 0.6 is 0 Å². The minimum absolute atomic E-state index is 0.330. The van der Waals surface area contributed by atoms with Gasteiger partial charge in [0, 0.05) is 24.6 Å². The van der Waals surface area contributed by atoms with Crippen molar-refractivity contribution in [1.82, 2.24) is 35.2 Å². The van der Waals surface area contributed by atoms with Gasteiger partial charge in [-0.3, -0.25) is 5.10 Å². The lowest BCUT2D eigenvalue weighted by atomic mass is 10.1. The second-order valence-corrected chi connectivity index (χ2v) is 6.08. The maximum Gasteiger partial charge on any atom is 0.225 e. The van der Waals surface area contributed by atoms with Crippen molar-refractivity contribution < 1.29 is 4.74 Å². The summed E-state index contributed by atoms with van der Waals surface area (Å²) in [6, 6.07) is 6.27. The van der Waals surface area contributed by atoms with Gasteiger partial charge < -0.3 is 10.1 Å². The maximum absolute atomic E-state index is 5.39. The van der Waals surface area contributed by atoms with E-state index in [1.54, 1.807) is 17.1 Å². The molecule has 1 aromatic carbocycles. The van der Waals surface area contributed by atoms with Crippen molar-refractivity contribution in [3.05, 3.63) is 30.6 Å². The van der Waals surface area contributed by atoms with E-state index in [9.17, 15) is 0 Å². The van der Waals surface area contributed by atoms with Crippen LogP contribution in [0.2, 0.25) is 0 Å². The Hall–Kier alpha value is -3.07. The summed E-state index contributed by atoms with van der Waals surface area (Å²) in [5, 5.41) is 19.8. The number of anilines is 1. The highest BCUT2D eigenvalue weighted by Crippen LogP contribution is 2.20. The van der Waals surface area contributed by atoms with Crippen molar-refractivity contribution in [2.45, 2.75) is 18.9 Å². The molecule has 0 amide bonds. The molecule has 0 aliphatic carbocycles. The summed E-state index contributed by atoms with van der Waals surface area (Å²) in [4.78, 5) is 8.98. The van der Waals surface area contributed by atoms with Gasteiger partial charge in [-0.05, 0) is 31.0 Å². The van der Waals surface area contributed by atoms with Crippen LogP contribution in [0, 0.1) is 0 Å². The van der Waals surface area contributed by atoms with Gasteiger partial charge in [0.15, 0.2) is 11.2 Å². The van der Waals surface area contributed by atoms with Gasteiger partial charge in [-0.2, -0.15) is 14.8 Å². The Balaban J connectivity index is 1.53. The van der Waals surface area contributed by atoms with E-state index >= 15 is 0 Å². The van der Waals surface area contributed by atoms with E-state index in [0.717, 1.165) is 42.6 Å². The Morgan fingerprint density at radius 2 is 2.12 bits per heavy atom. The predicted octanol–water partition coefficient (Wildman–Crippen LogP) is 1.68. The normalized spacial score (nSPS) is 15.8. The summed E-state index contributed by atoms with van der Waals surface area (Å²) in [6.45, 7) is 1.53. The third-order valence-electron chi connectivity index (χ3n) is 4.42. The molecule has 0 saturated carbocycles. The van der Waals surface area contributed by atoms with Crippen molar-refractivity contribution in [2.75, 3.05) is 18.5 Å². The summed E-state index contributed by atoms with van der Waals surface area (Å²) in [6.07, 6.45) is 5.39. The first-order chi connectivity index (χ1) is 12.4. The van der Waals surface area contributed by atoms with Crippen LogP contribution in [0.4, 0.5) is 5.95 Å². The number of hydrogen-bond acceptors (Lipinski definition) is 7. The standard InChI is InChI=1S/C16H16N8O/c1-2-12(7-13-10(1)8-18-21-13)24-15-14(22-23-24)9-17-16(20-15)19-11-3-5-25-6-4-11/h1-2,7-9,11H,3-6H2,(H,18,21)(H,17,19,20). The molecular weight excluding hydrogens is 320 g/mol. The third kappa shape index (κ3) is 2.58. The molecule has 3 aromatic heterocycles. The molecule has 0 atom stereocenters. The average Bonchev–Trinajstić information content (AvgIpc) is 3.28. The van der Waals surface area contributed by atoms with Gasteiger partial charge in [-0.1, -0.05) is 5.21 Å². The molecule has 1 aliphatic heterocycles. The first-order valence-electron chi connectivity index (χ1n) is 8.23. The number of H-pyrrole nitrogens is 1. The minimum Gasteiger partial charge on any atom is -0.381 e. The van der Waals surface area contributed by atoms with Crippen molar-refractivity contribution in [2.24, 2.45) is 0 Å². The number of ether oxygens (including phenoxy) is 1. The van der Waals surface area contributed by atoms with Gasteiger partial charge in [-0.25, -0.2) is 4.98 Å². The van der Waals surface area contributed by atoms with Crippen molar-refractivity contribution >= 4 is 28.0 Å². The lowest BCUT2D eigenvalue weighted by molar-refractivity contribution is 0.0903. The van der Waals surface area contributed by atoms with E-state index < -0.39 is 0 Å². The molecule has 1 aliphatic rings. The SMILES string of the molecule is c1cc2cn[nH]c2cc1-n1nnc2cnc(NC3CCOCC3)nc21. The van der Waals surface area contributed by atoms with Crippen LogP contribution < -0.4 is 5.32 Å². The molecule has 5 rings (SSSR count). The third-order valence-corrected chi connectivity index (χ3v) is 4.42. The van der Waals surface area contributed by atoms with Crippen LogP contribution in [0.1, 0.15) is 12.8 Å². The van der Waals surface area contributed by atoms with Gasteiger partial charge in [0.2, 0.25) is 5.95 Å². The molecule has 9 nitrogen and oxygen atoms in total. The van der Waals surface area contributed by atoms with E-state index in [1.165, 1.54) is 0 Å². The van der Waals surface area contributed by atoms with Crippen LogP contribution in [0.3, 0.4) is 0 Å². The summed E-state index contributed by atoms with van der Waals surface area (Å²) in [7, 11) is 0. The second-order valence-electron chi connectivity index (χ2n) is 6.08. The van der Waals surface area contributed by atoms with Gasteiger partial charge in [0.25, 0.3) is 0 Å². The molecule has 1 fully saturated rings. The molecular formula is C16H16N8O. The summed E-state index contributed by atoms with van der Waals surface area (Å²) < 4.78 is 7.10. The van der Waals surface area contributed by atoms with Crippen molar-refractivity contribution in [3.8, 4) is 5.69 Å². The number of hydrogen-bond donors (Lipinski definition) is 2. The second kappa shape index (κ2) is 5.78. The Morgan fingerprint density at radius 1 is 1.20 bits per heavy atom. The lowest BCUT2D eigenvalue weighted by Crippen LogP contribution is -2.28. The topological polar surface area (TPSA) is 106 Å². The highest BCUT2D eigenvalue weighted by molar-refractivity contribution is 5.81. The first-order valence-corrected chi connectivity index (χ1v) is 8.23. The van der Waals surface area contributed by atoms with E-state index in [0.29, 0.717) is 23.2 Å². The molecule has 0 bridgehead atoms. The smallest absolute Gasteiger partial charge is 0.225 e. The fraction of sp³-hybridized carbons (Fsp3) is 0.312. The van der Waals surface area contributed by atoms with Gasteiger partial charge in [-0.15, -0.1) is 5.10 Å². The maximum atomic E-state index is 5.39. The fourth-order valence-corrected chi connectivity index (χ4v) is 3.05. The Labute approximate surface area is 142 Å². The number of aromatic nitrogens is 7. The number of aromatic amines is 1. The minimum atomic E-state index is 0.330. The zero-order valence-corrected chi connectivity index (χ0v) is 13.4. The lowest BCUT2D eigenvalue weighted by Gasteiger charge is -2.22. The molecule has 4 heterocycles. The zero-order valence-electron chi connectivity index (χ0n) is 13.4. The average molecular weight is 336 g/mol. The molecule has 126 valence electrons. The first kappa shape index (κ1) is 14.3. The van der Waals surface area contributed by atoms with E-state index in [4.69, 9.17) is 4.74 Å². The van der Waals surface area contributed by atoms with Crippen molar-refractivity contribution in [3.63, 3.8) is 0 Å². The molecule has 0 spiro atoms. The van der Waals surface area contributed by atoms with E-state index in [2.05, 4.69) is 35.8 Å². The number of fused-ring (bicyclic) bond motifs is 2. The Morgan fingerprint density at radius 3 is 3.04 bits per heavy atom. The summed E-state index contributed by atoms with van der Waals surface area (Å²) >= 11 is 0. The molecule has 1 saturated heterocycles. The predicted molar refractivity (Wildman–Crippen MR) is 91.6 cm³/mol. The summed E-state index contributed by atoms with van der Waals surface area (Å²) in [5.41, 5.74) is 3.14.